The first kappa shape index (κ1) is 18.1. The number of hydrazone groups is 1. The summed E-state index contributed by atoms with van der Waals surface area (Å²) in [7, 11) is 0. The zero-order valence-electron chi connectivity index (χ0n) is 13.0. The van der Waals surface area contributed by atoms with Crippen molar-refractivity contribution in [3.63, 3.8) is 0 Å². The molecule has 0 spiro atoms. The molecule has 0 saturated carbocycles. The van der Waals surface area contributed by atoms with Crippen LogP contribution in [0.4, 0.5) is 17.1 Å². The monoisotopic (exact) mass is 364 g/mol. The van der Waals surface area contributed by atoms with Gasteiger partial charge in [0.05, 0.1) is 33.8 Å². The van der Waals surface area contributed by atoms with Crippen molar-refractivity contribution >= 4 is 34.9 Å². The lowest BCUT2D eigenvalue weighted by molar-refractivity contribution is -0.393. The van der Waals surface area contributed by atoms with Crippen LogP contribution >= 0.6 is 11.6 Å². The highest BCUT2D eigenvalue weighted by Gasteiger charge is 2.19. The molecule has 0 unspecified atom stereocenters. The molecule has 0 heterocycles. The maximum Gasteiger partial charge on any atom is 0.301 e. The van der Waals surface area contributed by atoms with Crippen molar-refractivity contribution in [1.29, 1.82) is 0 Å². The van der Waals surface area contributed by atoms with Crippen LogP contribution < -0.4 is 10.2 Å². The average Bonchev–Trinajstić information content (AvgIpc) is 2.57. The summed E-state index contributed by atoms with van der Waals surface area (Å²) >= 11 is 6.06. The van der Waals surface area contributed by atoms with Crippen LogP contribution in [0.3, 0.4) is 0 Å². The van der Waals surface area contributed by atoms with E-state index in [-0.39, 0.29) is 11.4 Å². The van der Waals surface area contributed by atoms with Gasteiger partial charge in [0.1, 0.15) is 11.4 Å². The van der Waals surface area contributed by atoms with Crippen LogP contribution in [0.25, 0.3) is 0 Å². The fourth-order valence-corrected chi connectivity index (χ4v) is 2.17. The number of ether oxygens (including phenoxy) is 1. The molecular weight excluding hydrogens is 352 g/mol. The molecule has 2 aromatic rings. The van der Waals surface area contributed by atoms with E-state index in [1.165, 1.54) is 12.3 Å². The first-order chi connectivity index (χ1) is 11.9. The number of nitrogens with one attached hydrogen (secondary N) is 1. The van der Waals surface area contributed by atoms with E-state index in [1.807, 2.05) is 6.92 Å². The Morgan fingerprint density at radius 2 is 1.96 bits per heavy atom. The fourth-order valence-electron chi connectivity index (χ4n) is 1.93. The first-order valence-corrected chi connectivity index (χ1v) is 7.44. The molecule has 9 nitrogen and oxygen atoms in total. The standard InChI is InChI=1S/C15H13ClN4O5/c1-2-25-15-6-3-10(7-12(15)16)9-17-18-13-5-4-11(19(21)22)8-14(13)20(23)24/h3-9,18H,2H2,1H3/b17-9+. The lowest BCUT2D eigenvalue weighted by atomic mass is 10.2. The van der Waals surface area contributed by atoms with Gasteiger partial charge in [-0.15, -0.1) is 0 Å². The number of nitro benzene ring substituents is 2. The molecule has 1 N–H and O–H groups in total. The maximum absolute atomic E-state index is 11.0. The molecule has 25 heavy (non-hydrogen) atoms. The Hall–Kier alpha value is -3.20. The Morgan fingerprint density at radius 3 is 2.56 bits per heavy atom. The summed E-state index contributed by atoms with van der Waals surface area (Å²) in [6, 6.07) is 8.26. The van der Waals surface area contributed by atoms with Crippen molar-refractivity contribution in [1.82, 2.24) is 0 Å². The number of hydrogen-bond acceptors (Lipinski definition) is 7. The number of benzene rings is 2. The predicted octanol–water partition coefficient (Wildman–Crippen LogP) is 4.00. The Bertz CT molecular complexity index is 841. The second-order valence-corrected chi connectivity index (χ2v) is 5.12. The van der Waals surface area contributed by atoms with Crippen molar-refractivity contribution in [2.24, 2.45) is 5.10 Å². The van der Waals surface area contributed by atoms with Gasteiger partial charge >= 0.3 is 5.69 Å². The molecule has 2 aromatic carbocycles. The molecule has 10 heteroatoms. The van der Waals surface area contributed by atoms with Crippen LogP contribution in [-0.2, 0) is 0 Å². The number of nitrogens with zero attached hydrogens (tertiary/aromatic N) is 3. The average molecular weight is 365 g/mol. The SMILES string of the molecule is CCOc1ccc(/C=N/Nc2ccc([N+](=O)[O-])cc2[N+](=O)[O-])cc1Cl. The number of anilines is 1. The zero-order valence-corrected chi connectivity index (χ0v) is 13.8. The summed E-state index contributed by atoms with van der Waals surface area (Å²) in [6.45, 7) is 2.32. The highest BCUT2D eigenvalue weighted by atomic mass is 35.5. The van der Waals surface area contributed by atoms with Gasteiger partial charge in [0.25, 0.3) is 5.69 Å². The zero-order chi connectivity index (χ0) is 18.4. The summed E-state index contributed by atoms with van der Waals surface area (Å²) in [5.41, 5.74) is 2.35. The molecule has 0 amide bonds. The highest BCUT2D eigenvalue weighted by Crippen LogP contribution is 2.29. The van der Waals surface area contributed by atoms with Crippen molar-refractivity contribution in [2.75, 3.05) is 12.0 Å². The molecule has 0 aliphatic rings. The fraction of sp³-hybridized carbons (Fsp3) is 0.133. The quantitative estimate of drug-likeness (QED) is 0.450. The third kappa shape index (κ3) is 4.64. The van der Waals surface area contributed by atoms with Crippen molar-refractivity contribution in [3.05, 3.63) is 67.2 Å². The van der Waals surface area contributed by atoms with Crippen LogP contribution in [0, 0.1) is 20.2 Å². The van der Waals surface area contributed by atoms with Gasteiger partial charge in [-0.05, 0) is 36.8 Å². The lowest BCUT2D eigenvalue weighted by Gasteiger charge is -2.05. The van der Waals surface area contributed by atoms with Gasteiger partial charge in [0.2, 0.25) is 0 Å². The van der Waals surface area contributed by atoms with Gasteiger partial charge in [-0.25, -0.2) is 0 Å². The van der Waals surface area contributed by atoms with Gasteiger partial charge in [-0.1, -0.05) is 11.6 Å². The number of rotatable bonds is 7. The molecule has 0 aliphatic heterocycles. The third-order valence-corrected chi connectivity index (χ3v) is 3.34. The van der Waals surface area contributed by atoms with Gasteiger partial charge < -0.3 is 4.74 Å². The van der Waals surface area contributed by atoms with Crippen LogP contribution in [0.1, 0.15) is 12.5 Å². The number of non-ortho nitro benzene ring substituents is 1. The van der Waals surface area contributed by atoms with E-state index in [0.29, 0.717) is 22.9 Å². The molecule has 0 aromatic heterocycles. The van der Waals surface area contributed by atoms with E-state index in [2.05, 4.69) is 10.5 Å². The van der Waals surface area contributed by atoms with E-state index in [1.54, 1.807) is 18.2 Å². The Labute approximate surface area is 147 Å². The molecule has 0 fully saturated rings. The minimum absolute atomic E-state index is 0.0314. The summed E-state index contributed by atoms with van der Waals surface area (Å²) in [5, 5.41) is 26.0. The molecular formula is C15H13ClN4O5. The first-order valence-electron chi connectivity index (χ1n) is 7.06. The van der Waals surface area contributed by atoms with Crippen LogP contribution in [0.2, 0.25) is 5.02 Å². The maximum atomic E-state index is 11.0. The largest absolute Gasteiger partial charge is 0.492 e. The Morgan fingerprint density at radius 1 is 1.20 bits per heavy atom. The molecule has 130 valence electrons. The third-order valence-electron chi connectivity index (χ3n) is 3.04. The van der Waals surface area contributed by atoms with Gasteiger partial charge in [0, 0.05) is 6.07 Å². The Kier molecular flexibility index (Phi) is 5.85. The van der Waals surface area contributed by atoms with Crippen molar-refractivity contribution in [3.8, 4) is 5.75 Å². The molecule has 2 rings (SSSR count). The van der Waals surface area contributed by atoms with E-state index < -0.39 is 15.5 Å². The van der Waals surface area contributed by atoms with E-state index in [9.17, 15) is 20.2 Å². The second-order valence-electron chi connectivity index (χ2n) is 4.71. The number of hydrogen-bond donors (Lipinski definition) is 1. The molecule has 0 atom stereocenters. The molecule has 0 saturated heterocycles. The topological polar surface area (TPSA) is 120 Å². The highest BCUT2D eigenvalue weighted by molar-refractivity contribution is 6.32. The number of nitro groups is 2. The minimum atomic E-state index is -0.724. The van der Waals surface area contributed by atoms with E-state index >= 15 is 0 Å². The minimum Gasteiger partial charge on any atom is -0.492 e. The number of halogens is 1. The van der Waals surface area contributed by atoms with Gasteiger partial charge in [-0.3, -0.25) is 25.7 Å². The van der Waals surface area contributed by atoms with Crippen molar-refractivity contribution < 1.29 is 14.6 Å². The summed E-state index contributed by atoms with van der Waals surface area (Å²) in [6.07, 6.45) is 1.41. The van der Waals surface area contributed by atoms with E-state index in [4.69, 9.17) is 16.3 Å². The summed E-state index contributed by atoms with van der Waals surface area (Å²) in [4.78, 5) is 20.3. The second kappa shape index (κ2) is 8.06. The van der Waals surface area contributed by atoms with Crippen LogP contribution in [-0.4, -0.2) is 22.7 Å². The molecule has 0 bridgehead atoms. The van der Waals surface area contributed by atoms with Crippen molar-refractivity contribution in [2.45, 2.75) is 6.92 Å². The summed E-state index contributed by atoms with van der Waals surface area (Å²) < 4.78 is 5.32. The Balaban J connectivity index is 2.18. The van der Waals surface area contributed by atoms with Crippen LogP contribution in [0.5, 0.6) is 5.75 Å². The lowest BCUT2D eigenvalue weighted by Crippen LogP contribution is -1.99. The smallest absolute Gasteiger partial charge is 0.301 e. The molecule has 0 aliphatic carbocycles. The van der Waals surface area contributed by atoms with Crippen LogP contribution in [0.15, 0.2) is 41.5 Å². The molecule has 0 radical (unpaired) electrons. The van der Waals surface area contributed by atoms with E-state index in [0.717, 1.165) is 12.1 Å². The van der Waals surface area contributed by atoms with Gasteiger partial charge in [0.15, 0.2) is 0 Å². The summed E-state index contributed by atoms with van der Waals surface area (Å²) in [5.74, 6) is 0.542. The normalized spacial score (nSPS) is 10.6. The predicted molar refractivity (Wildman–Crippen MR) is 93.6 cm³/mol. The van der Waals surface area contributed by atoms with Gasteiger partial charge in [-0.2, -0.15) is 5.10 Å².